The van der Waals surface area contributed by atoms with E-state index in [9.17, 15) is 4.79 Å². The molecule has 0 saturated carbocycles. The Kier molecular flexibility index (Phi) is 8.47. The number of benzene rings is 1. The van der Waals surface area contributed by atoms with Gasteiger partial charge in [-0.05, 0) is 49.3 Å². The molecule has 0 fully saturated rings. The first-order chi connectivity index (χ1) is 10.5. The highest BCUT2D eigenvalue weighted by molar-refractivity contribution is 7.80. The van der Waals surface area contributed by atoms with Gasteiger partial charge in [0.25, 0.3) is 0 Å². The molecule has 6 heteroatoms. The molecule has 0 aromatic heterocycles. The number of nitrogens with one attached hydrogen (secondary N) is 2. The Morgan fingerprint density at radius 2 is 1.91 bits per heavy atom. The first-order valence-electron chi connectivity index (χ1n) is 7.42. The monoisotopic (exact) mass is 324 g/mol. The standard InChI is InChI=1S/C16H24N2O3S/c1-4-20-9-10-21-14-7-5-13(6-8-14)17-16(22)18-15(19)11-12(2)3/h5-8,12H,4,9-11H2,1-3H3,(H2,17,18,19,22). The Labute approximate surface area is 137 Å². The summed E-state index contributed by atoms with van der Waals surface area (Å²) in [4.78, 5) is 11.6. The predicted octanol–water partition coefficient (Wildman–Crippen LogP) is 2.96. The summed E-state index contributed by atoms with van der Waals surface area (Å²) in [5, 5.41) is 5.93. The summed E-state index contributed by atoms with van der Waals surface area (Å²) < 4.78 is 10.7. The van der Waals surface area contributed by atoms with E-state index in [1.165, 1.54) is 0 Å². The molecule has 22 heavy (non-hydrogen) atoms. The van der Waals surface area contributed by atoms with E-state index in [1.807, 2.05) is 45.0 Å². The Morgan fingerprint density at radius 3 is 2.50 bits per heavy atom. The molecule has 0 aliphatic carbocycles. The molecule has 122 valence electrons. The van der Waals surface area contributed by atoms with Gasteiger partial charge in [0.15, 0.2) is 5.11 Å². The van der Waals surface area contributed by atoms with Crippen molar-refractivity contribution in [3.63, 3.8) is 0 Å². The maximum atomic E-state index is 11.6. The zero-order valence-electron chi connectivity index (χ0n) is 13.3. The summed E-state index contributed by atoms with van der Waals surface area (Å²) in [6.07, 6.45) is 0.453. The summed E-state index contributed by atoms with van der Waals surface area (Å²) in [7, 11) is 0. The summed E-state index contributed by atoms with van der Waals surface area (Å²) in [5.74, 6) is 0.985. The third-order valence-electron chi connectivity index (χ3n) is 2.66. The van der Waals surface area contributed by atoms with Gasteiger partial charge in [0.05, 0.1) is 6.61 Å². The van der Waals surface area contributed by atoms with E-state index in [0.717, 1.165) is 11.4 Å². The lowest BCUT2D eigenvalue weighted by Crippen LogP contribution is -2.34. The van der Waals surface area contributed by atoms with E-state index in [-0.39, 0.29) is 5.91 Å². The number of ether oxygens (including phenoxy) is 2. The van der Waals surface area contributed by atoms with Gasteiger partial charge in [-0.15, -0.1) is 0 Å². The minimum absolute atomic E-state index is 0.0802. The van der Waals surface area contributed by atoms with Crippen molar-refractivity contribution < 1.29 is 14.3 Å². The molecule has 0 spiro atoms. The number of anilines is 1. The third-order valence-corrected chi connectivity index (χ3v) is 2.86. The molecule has 0 radical (unpaired) electrons. The smallest absolute Gasteiger partial charge is 0.226 e. The molecule has 0 aliphatic rings. The van der Waals surface area contributed by atoms with Crippen LogP contribution < -0.4 is 15.4 Å². The Bertz CT molecular complexity index is 475. The van der Waals surface area contributed by atoms with Crippen LogP contribution >= 0.6 is 12.2 Å². The van der Waals surface area contributed by atoms with Crippen molar-refractivity contribution >= 4 is 28.9 Å². The Balaban J connectivity index is 2.37. The number of amides is 1. The second-order valence-electron chi connectivity index (χ2n) is 5.17. The van der Waals surface area contributed by atoms with E-state index in [1.54, 1.807) is 0 Å². The fraction of sp³-hybridized carbons (Fsp3) is 0.500. The van der Waals surface area contributed by atoms with Crippen LogP contribution in [0.25, 0.3) is 0 Å². The number of carbonyl (C=O) groups excluding carboxylic acids is 1. The minimum atomic E-state index is -0.0802. The molecule has 0 bridgehead atoms. The van der Waals surface area contributed by atoms with Crippen molar-refractivity contribution in [2.75, 3.05) is 25.1 Å². The highest BCUT2D eigenvalue weighted by Gasteiger charge is 2.07. The van der Waals surface area contributed by atoms with Gasteiger partial charge in [0.1, 0.15) is 12.4 Å². The molecule has 0 atom stereocenters. The molecule has 0 unspecified atom stereocenters. The fourth-order valence-corrected chi connectivity index (χ4v) is 1.94. The normalized spacial score (nSPS) is 10.4. The van der Waals surface area contributed by atoms with E-state index >= 15 is 0 Å². The van der Waals surface area contributed by atoms with Crippen molar-refractivity contribution in [2.24, 2.45) is 5.92 Å². The van der Waals surface area contributed by atoms with Crippen LogP contribution in [0.3, 0.4) is 0 Å². The second-order valence-corrected chi connectivity index (χ2v) is 5.58. The van der Waals surface area contributed by atoms with E-state index < -0.39 is 0 Å². The first-order valence-corrected chi connectivity index (χ1v) is 7.83. The van der Waals surface area contributed by atoms with Crippen LogP contribution in [-0.2, 0) is 9.53 Å². The summed E-state index contributed by atoms with van der Waals surface area (Å²) in [6.45, 7) is 7.70. The number of carbonyl (C=O) groups is 1. The van der Waals surface area contributed by atoms with Gasteiger partial charge in [-0.1, -0.05) is 13.8 Å². The quantitative estimate of drug-likeness (QED) is 0.569. The van der Waals surface area contributed by atoms with Crippen molar-refractivity contribution in [3.8, 4) is 5.75 Å². The molecule has 2 N–H and O–H groups in total. The largest absolute Gasteiger partial charge is 0.491 e. The topological polar surface area (TPSA) is 59.6 Å². The van der Waals surface area contributed by atoms with Gasteiger partial charge in [-0.2, -0.15) is 0 Å². The SMILES string of the molecule is CCOCCOc1ccc(NC(=S)NC(=O)CC(C)C)cc1. The van der Waals surface area contributed by atoms with Crippen molar-refractivity contribution in [1.29, 1.82) is 0 Å². The minimum Gasteiger partial charge on any atom is -0.491 e. The summed E-state index contributed by atoms with van der Waals surface area (Å²) >= 11 is 5.11. The van der Waals surface area contributed by atoms with Gasteiger partial charge in [-0.25, -0.2) is 0 Å². The summed E-state index contributed by atoms with van der Waals surface area (Å²) in [6, 6.07) is 7.37. The molecular formula is C16H24N2O3S. The van der Waals surface area contributed by atoms with Gasteiger partial charge in [0, 0.05) is 18.7 Å². The lowest BCUT2D eigenvalue weighted by Gasteiger charge is -2.11. The molecule has 1 amide bonds. The zero-order valence-corrected chi connectivity index (χ0v) is 14.2. The molecule has 0 heterocycles. The first kappa shape index (κ1) is 18.4. The van der Waals surface area contributed by atoms with Gasteiger partial charge in [-0.3, -0.25) is 4.79 Å². The van der Waals surface area contributed by atoms with Crippen molar-refractivity contribution in [2.45, 2.75) is 27.2 Å². The van der Waals surface area contributed by atoms with Gasteiger partial charge in [0.2, 0.25) is 5.91 Å². The van der Waals surface area contributed by atoms with Crippen LogP contribution in [0.5, 0.6) is 5.75 Å². The van der Waals surface area contributed by atoms with Crippen LogP contribution in [0.1, 0.15) is 27.2 Å². The maximum absolute atomic E-state index is 11.6. The number of hydrogen-bond acceptors (Lipinski definition) is 4. The zero-order chi connectivity index (χ0) is 16.4. The molecular weight excluding hydrogens is 300 g/mol. The average molecular weight is 324 g/mol. The summed E-state index contributed by atoms with van der Waals surface area (Å²) in [5.41, 5.74) is 0.798. The maximum Gasteiger partial charge on any atom is 0.226 e. The van der Waals surface area contributed by atoms with Gasteiger partial charge >= 0.3 is 0 Å². The van der Waals surface area contributed by atoms with E-state index in [2.05, 4.69) is 10.6 Å². The van der Waals surface area contributed by atoms with Crippen LogP contribution in [0.4, 0.5) is 5.69 Å². The van der Waals surface area contributed by atoms with E-state index in [0.29, 0.717) is 37.3 Å². The Hall–Kier alpha value is -1.66. The molecule has 1 aromatic rings. The van der Waals surface area contributed by atoms with Crippen LogP contribution in [0.15, 0.2) is 24.3 Å². The number of rotatable bonds is 8. The van der Waals surface area contributed by atoms with E-state index in [4.69, 9.17) is 21.7 Å². The van der Waals surface area contributed by atoms with Crippen molar-refractivity contribution in [3.05, 3.63) is 24.3 Å². The van der Waals surface area contributed by atoms with Crippen LogP contribution in [0, 0.1) is 5.92 Å². The van der Waals surface area contributed by atoms with Crippen LogP contribution in [-0.4, -0.2) is 30.8 Å². The lowest BCUT2D eigenvalue weighted by molar-refractivity contribution is -0.120. The second kappa shape index (κ2) is 10.1. The third kappa shape index (κ3) is 7.95. The highest BCUT2D eigenvalue weighted by atomic mass is 32.1. The van der Waals surface area contributed by atoms with Gasteiger partial charge < -0.3 is 20.1 Å². The molecule has 0 saturated heterocycles. The molecule has 1 rings (SSSR count). The molecule has 1 aromatic carbocycles. The number of hydrogen-bond donors (Lipinski definition) is 2. The van der Waals surface area contributed by atoms with Crippen molar-refractivity contribution in [1.82, 2.24) is 5.32 Å². The average Bonchev–Trinajstić information content (AvgIpc) is 2.44. The fourth-order valence-electron chi connectivity index (χ4n) is 1.71. The lowest BCUT2D eigenvalue weighted by atomic mass is 10.1. The molecule has 5 nitrogen and oxygen atoms in total. The number of thiocarbonyl (C=S) groups is 1. The predicted molar refractivity (Wildman–Crippen MR) is 92.2 cm³/mol. The highest BCUT2D eigenvalue weighted by Crippen LogP contribution is 2.15. The van der Waals surface area contributed by atoms with Crippen LogP contribution in [0.2, 0.25) is 0 Å². The molecule has 0 aliphatic heterocycles. The Morgan fingerprint density at radius 1 is 1.23 bits per heavy atom.